The van der Waals surface area contributed by atoms with Gasteiger partial charge in [-0.2, -0.15) is 0 Å². The molecular weight excluding hydrogens is 388 g/mol. The molecule has 0 fully saturated rings. The van der Waals surface area contributed by atoms with Gasteiger partial charge >= 0.3 is 0 Å². The number of carbonyl (C=O) groups excluding carboxylic acids is 1. The summed E-state index contributed by atoms with van der Waals surface area (Å²) in [6.07, 6.45) is 1.30. The molecule has 0 aromatic heterocycles. The maximum Gasteiger partial charge on any atom is 0.231 e. The van der Waals surface area contributed by atoms with E-state index in [4.69, 9.17) is 9.47 Å². The molecular formula is C26H22N2O3. The minimum absolute atomic E-state index is 0.169. The second kappa shape index (κ2) is 7.20. The lowest BCUT2D eigenvalue weighted by Crippen LogP contribution is -2.26. The number of rotatable bonds is 2. The zero-order valence-electron chi connectivity index (χ0n) is 16.9. The van der Waals surface area contributed by atoms with Crippen molar-refractivity contribution in [2.24, 2.45) is 0 Å². The lowest BCUT2D eigenvalue weighted by Gasteiger charge is -2.30. The van der Waals surface area contributed by atoms with Crippen LogP contribution >= 0.6 is 0 Å². The van der Waals surface area contributed by atoms with Gasteiger partial charge in [-0.1, -0.05) is 48.5 Å². The van der Waals surface area contributed by atoms with Crippen LogP contribution in [-0.4, -0.2) is 12.6 Å². The Morgan fingerprint density at radius 2 is 1.55 bits per heavy atom. The molecule has 2 aliphatic heterocycles. The monoisotopic (exact) mass is 410 g/mol. The summed E-state index contributed by atoms with van der Waals surface area (Å²) in [5.74, 6) is 1.80. The molecule has 0 amide bonds. The predicted octanol–water partition coefficient (Wildman–Crippen LogP) is 5.39. The van der Waals surface area contributed by atoms with Gasteiger partial charge in [-0.05, 0) is 47.7 Å². The third kappa shape index (κ3) is 3.13. The number of fused-ring (bicyclic) bond motifs is 2. The molecule has 2 N–H and O–H groups in total. The van der Waals surface area contributed by atoms with Crippen LogP contribution in [0.2, 0.25) is 0 Å². The smallest absolute Gasteiger partial charge is 0.231 e. The number of ketones is 1. The molecule has 2 unspecified atom stereocenters. The number of hydrogen-bond donors (Lipinski definition) is 2. The molecule has 0 radical (unpaired) electrons. The molecule has 5 nitrogen and oxygen atoms in total. The van der Waals surface area contributed by atoms with E-state index in [9.17, 15) is 4.79 Å². The zero-order valence-corrected chi connectivity index (χ0v) is 16.9. The maximum atomic E-state index is 13.5. The number of hydrogen-bond acceptors (Lipinski definition) is 5. The van der Waals surface area contributed by atoms with Crippen LogP contribution in [0.5, 0.6) is 11.5 Å². The summed E-state index contributed by atoms with van der Waals surface area (Å²) >= 11 is 0. The van der Waals surface area contributed by atoms with E-state index in [2.05, 4.69) is 22.8 Å². The highest BCUT2D eigenvalue weighted by Crippen LogP contribution is 2.45. The van der Waals surface area contributed by atoms with Crippen molar-refractivity contribution in [1.29, 1.82) is 0 Å². The summed E-state index contributed by atoms with van der Waals surface area (Å²) in [6, 6.07) is 24.1. The summed E-state index contributed by atoms with van der Waals surface area (Å²) in [7, 11) is 0. The van der Waals surface area contributed by atoms with Crippen LogP contribution in [-0.2, 0) is 4.79 Å². The lowest BCUT2D eigenvalue weighted by molar-refractivity contribution is -0.116. The van der Waals surface area contributed by atoms with Crippen LogP contribution in [0.3, 0.4) is 0 Å². The van der Waals surface area contributed by atoms with Gasteiger partial charge < -0.3 is 20.1 Å². The number of carbonyl (C=O) groups is 1. The normalized spacial score (nSPS) is 21.5. The van der Waals surface area contributed by atoms with Gasteiger partial charge in [0, 0.05) is 17.7 Å². The number of nitrogens with one attached hydrogen (secondary N) is 2. The first kappa shape index (κ1) is 18.1. The Bertz CT molecular complexity index is 1200. The number of ether oxygens (including phenoxy) is 2. The van der Waals surface area contributed by atoms with Crippen molar-refractivity contribution in [3.63, 3.8) is 0 Å². The minimum atomic E-state index is -0.259. The largest absolute Gasteiger partial charge is 0.454 e. The Morgan fingerprint density at radius 1 is 0.774 bits per heavy atom. The molecule has 3 aromatic rings. The van der Waals surface area contributed by atoms with Crippen LogP contribution in [0.25, 0.3) is 0 Å². The van der Waals surface area contributed by atoms with Crippen LogP contribution < -0.4 is 20.1 Å². The average Bonchev–Trinajstić information content (AvgIpc) is 3.20. The van der Waals surface area contributed by atoms with Crippen molar-refractivity contribution in [2.75, 3.05) is 17.4 Å². The Labute approximate surface area is 180 Å². The fraction of sp³-hybridized carbons (Fsp3) is 0.192. The van der Waals surface area contributed by atoms with Crippen LogP contribution in [0.4, 0.5) is 11.4 Å². The lowest BCUT2D eigenvalue weighted by atomic mass is 9.78. The van der Waals surface area contributed by atoms with Gasteiger partial charge in [0.2, 0.25) is 6.79 Å². The van der Waals surface area contributed by atoms with Gasteiger partial charge in [-0.3, -0.25) is 4.79 Å². The maximum absolute atomic E-state index is 13.5. The van der Waals surface area contributed by atoms with E-state index in [1.807, 2.05) is 60.7 Å². The predicted molar refractivity (Wildman–Crippen MR) is 119 cm³/mol. The van der Waals surface area contributed by atoms with Crippen LogP contribution in [0.15, 0.2) is 84.1 Å². The number of allylic oxidation sites excluding steroid dienone is 1. The molecule has 0 bridgehead atoms. The second-order valence-electron chi connectivity index (χ2n) is 8.19. The van der Waals surface area contributed by atoms with Crippen molar-refractivity contribution in [3.8, 4) is 11.5 Å². The summed E-state index contributed by atoms with van der Waals surface area (Å²) in [6.45, 7) is 0.229. The van der Waals surface area contributed by atoms with E-state index in [0.717, 1.165) is 46.1 Å². The van der Waals surface area contributed by atoms with Crippen molar-refractivity contribution >= 4 is 17.2 Å². The van der Waals surface area contributed by atoms with E-state index in [0.29, 0.717) is 6.42 Å². The fourth-order valence-electron chi connectivity index (χ4n) is 4.80. The average molecular weight is 410 g/mol. The van der Waals surface area contributed by atoms with Crippen molar-refractivity contribution in [3.05, 3.63) is 95.2 Å². The molecule has 1 aliphatic carbocycles. The van der Waals surface area contributed by atoms with E-state index in [-0.39, 0.29) is 24.5 Å². The van der Waals surface area contributed by atoms with Crippen molar-refractivity contribution in [1.82, 2.24) is 0 Å². The number of anilines is 2. The fourth-order valence-corrected chi connectivity index (χ4v) is 4.80. The first-order valence-corrected chi connectivity index (χ1v) is 10.6. The van der Waals surface area contributed by atoms with Crippen LogP contribution in [0.1, 0.15) is 35.9 Å². The topological polar surface area (TPSA) is 59.6 Å². The van der Waals surface area contributed by atoms with Gasteiger partial charge in [-0.15, -0.1) is 0 Å². The Balaban J connectivity index is 1.46. The van der Waals surface area contributed by atoms with Gasteiger partial charge in [0.05, 0.1) is 17.4 Å². The Morgan fingerprint density at radius 3 is 2.42 bits per heavy atom. The molecule has 0 saturated carbocycles. The molecule has 6 rings (SSSR count). The van der Waals surface area contributed by atoms with Gasteiger partial charge in [-0.25, -0.2) is 0 Å². The number of benzene rings is 3. The highest BCUT2D eigenvalue weighted by atomic mass is 16.7. The third-order valence-electron chi connectivity index (χ3n) is 6.31. The molecule has 0 saturated heterocycles. The van der Waals surface area contributed by atoms with Crippen molar-refractivity contribution in [2.45, 2.75) is 24.8 Å². The van der Waals surface area contributed by atoms with E-state index in [1.165, 1.54) is 5.56 Å². The minimum Gasteiger partial charge on any atom is -0.454 e. The molecule has 31 heavy (non-hydrogen) atoms. The molecule has 3 aromatic carbocycles. The highest BCUT2D eigenvalue weighted by molar-refractivity contribution is 6.01. The summed E-state index contributed by atoms with van der Waals surface area (Å²) in [5, 5.41) is 7.20. The number of para-hydroxylation sites is 2. The quantitative estimate of drug-likeness (QED) is 0.593. The second-order valence-corrected chi connectivity index (χ2v) is 8.19. The van der Waals surface area contributed by atoms with Gasteiger partial charge in [0.25, 0.3) is 0 Å². The zero-order chi connectivity index (χ0) is 20.8. The first-order valence-electron chi connectivity index (χ1n) is 10.6. The van der Waals surface area contributed by atoms with E-state index in [1.54, 1.807) is 0 Å². The third-order valence-corrected chi connectivity index (χ3v) is 6.31. The molecule has 2 atom stereocenters. The SMILES string of the molecule is O=C1CC(c2ccccc2)CC2=C1C(c1ccc3c(c1)OCO3)Nc1ccccc1N2. The Kier molecular flexibility index (Phi) is 4.20. The molecule has 2 heterocycles. The summed E-state index contributed by atoms with van der Waals surface area (Å²) < 4.78 is 11.1. The van der Waals surface area contributed by atoms with Crippen molar-refractivity contribution < 1.29 is 14.3 Å². The summed E-state index contributed by atoms with van der Waals surface area (Å²) in [5.41, 5.74) is 5.95. The van der Waals surface area contributed by atoms with Crippen LogP contribution in [0, 0.1) is 0 Å². The molecule has 154 valence electrons. The summed E-state index contributed by atoms with van der Waals surface area (Å²) in [4.78, 5) is 13.5. The molecule has 3 aliphatic rings. The molecule has 0 spiro atoms. The standard InChI is InChI=1S/C26H22N2O3/c29-22-13-18(16-6-2-1-3-7-16)12-21-25(22)26(28-20-9-5-4-8-19(20)27-21)17-10-11-23-24(14-17)31-15-30-23/h1-11,14,18,26-28H,12-13,15H2. The van der Waals surface area contributed by atoms with E-state index < -0.39 is 0 Å². The molecule has 5 heteroatoms. The van der Waals surface area contributed by atoms with E-state index >= 15 is 0 Å². The Hall–Kier alpha value is -3.73. The first-order chi connectivity index (χ1) is 15.3. The number of Topliss-reactive ketones (excluding diaryl/α,β-unsaturated/α-hetero) is 1. The van der Waals surface area contributed by atoms with Gasteiger partial charge in [0.15, 0.2) is 17.3 Å². The van der Waals surface area contributed by atoms with Gasteiger partial charge in [0.1, 0.15) is 0 Å². The highest BCUT2D eigenvalue weighted by Gasteiger charge is 2.36.